The van der Waals surface area contributed by atoms with E-state index in [0.29, 0.717) is 12.5 Å². The van der Waals surface area contributed by atoms with E-state index < -0.39 is 0 Å². The van der Waals surface area contributed by atoms with Crippen molar-refractivity contribution in [3.63, 3.8) is 0 Å². The second-order valence-corrected chi connectivity index (χ2v) is 5.23. The molecule has 16 heavy (non-hydrogen) atoms. The van der Waals surface area contributed by atoms with Gasteiger partial charge >= 0.3 is 0 Å². The van der Waals surface area contributed by atoms with Gasteiger partial charge in [-0.05, 0) is 6.92 Å². The van der Waals surface area contributed by atoms with Crippen molar-refractivity contribution in [2.75, 3.05) is 18.0 Å². The summed E-state index contributed by atoms with van der Waals surface area (Å²) in [5.74, 6) is 0.452. The number of nitrogens with one attached hydrogen (secondary N) is 1. The highest BCUT2D eigenvalue weighted by molar-refractivity contribution is 7.15. The van der Waals surface area contributed by atoms with E-state index in [1.54, 1.807) is 11.3 Å². The van der Waals surface area contributed by atoms with Crippen molar-refractivity contribution in [1.29, 1.82) is 0 Å². The second-order valence-electron chi connectivity index (χ2n) is 4.24. The fraction of sp³-hybridized carbons (Fsp3) is 0.700. The molecule has 1 aromatic heterocycles. The van der Waals surface area contributed by atoms with E-state index in [-0.39, 0.29) is 11.9 Å². The van der Waals surface area contributed by atoms with E-state index in [2.05, 4.69) is 29.4 Å². The molecule has 0 bridgehead atoms. The first-order valence-corrected chi connectivity index (χ1v) is 6.29. The minimum Gasteiger partial charge on any atom is -0.353 e. The zero-order chi connectivity index (χ0) is 11.7. The highest BCUT2D eigenvalue weighted by atomic mass is 32.1. The van der Waals surface area contributed by atoms with Crippen molar-refractivity contribution in [2.45, 2.75) is 32.7 Å². The average Bonchev–Trinajstić information content (AvgIpc) is 2.71. The molecule has 1 amide bonds. The van der Waals surface area contributed by atoms with Crippen LogP contribution in [-0.2, 0) is 4.79 Å². The molecule has 1 aliphatic heterocycles. The van der Waals surface area contributed by atoms with Gasteiger partial charge in [0.1, 0.15) is 11.0 Å². The Morgan fingerprint density at radius 1 is 1.50 bits per heavy atom. The molecule has 1 fully saturated rings. The fourth-order valence-corrected chi connectivity index (χ4v) is 2.57. The number of nitrogens with zero attached hydrogens (tertiary/aromatic N) is 3. The van der Waals surface area contributed by atoms with Gasteiger partial charge in [0.2, 0.25) is 11.0 Å². The van der Waals surface area contributed by atoms with Crippen molar-refractivity contribution in [2.24, 2.45) is 0 Å². The summed E-state index contributed by atoms with van der Waals surface area (Å²) >= 11 is 1.58. The van der Waals surface area contributed by atoms with Crippen LogP contribution in [-0.4, -0.2) is 35.2 Å². The van der Waals surface area contributed by atoms with Gasteiger partial charge in [0.25, 0.3) is 0 Å². The number of rotatable bonds is 2. The summed E-state index contributed by atoms with van der Waals surface area (Å²) in [6.45, 7) is 7.57. The maximum Gasteiger partial charge on any atom is 0.242 e. The molecule has 1 saturated heterocycles. The molecule has 2 rings (SSSR count). The highest BCUT2D eigenvalue weighted by Gasteiger charge is 2.28. The van der Waals surface area contributed by atoms with Crippen molar-refractivity contribution in [3.05, 3.63) is 5.01 Å². The molecule has 6 heteroatoms. The Kier molecular flexibility index (Phi) is 3.09. The lowest BCUT2D eigenvalue weighted by atomic mass is 10.2. The molecule has 0 aliphatic carbocycles. The largest absolute Gasteiger partial charge is 0.353 e. The summed E-state index contributed by atoms with van der Waals surface area (Å²) in [5.41, 5.74) is 0. The van der Waals surface area contributed by atoms with E-state index in [4.69, 9.17) is 0 Å². The van der Waals surface area contributed by atoms with Crippen LogP contribution in [0.3, 0.4) is 0 Å². The van der Waals surface area contributed by atoms with Gasteiger partial charge in [0.05, 0.1) is 0 Å². The molecule has 1 aromatic rings. The SMILES string of the molecule is CC(C)c1nnc(N2CCNC(=O)C2C)s1. The van der Waals surface area contributed by atoms with Gasteiger partial charge in [-0.2, -0.15) is 0 Å². The van der Waals surface area contributed by atoms with Crippen LogP contribution >= 0.6 is 11.3 Å². The lowest BCUT2D eigenvalue weighted by molar-refractivity contribution is -0.122. The van der Waals surface area contributed by atoms with Crippen molar-refractivity contribution in [3.8, 4) is 0 Å². The number of carbonyl (C=O) groups is 1. The van der Waals surface area contributed by atoms with E-state index in [0.717, 1.165) is 16.7 Å². The average molecular weight is 240 g/mol. The molecule has 1 atom stereocenters. The summed E-state index contributed by atoms with van der Waals surface area (Å²) in [4.78, 5) is 13.5. The van der Waals surface area contributed by atoms with E-state index >= 15 is 0 Å². The smallest absolute Gasteiger partial charge is 0.242 e. The van der Waals surface area contributed by atoms with Crippen LogP contribution in [0.25, 0.3) is 0 Å². The van der Waals surface area contributed by atoms with Gasteiger partial charge in [-0.1, -0.05) is 25.2 Å². The van der Waals surface area contributed by atoms with Crippen LogP contribution in [0.2, 0.25) is 0 Å². The van der Waals surface area contributed by atoms with E-state index in [1.807, 2.05) is 11.8 Å². The quantitative estimate of drug-likeness (QED) is 0.837. The summed E-state index contributed by atoms with van der Waals surface area (Å²) in [6.07, 6.45) is 0. The minimum absolute atomic E-state index is 0.0625. The molecule has 0 aromatic carbocycles. The predicted molar refractivity (Wildman–Crippen MR) is 63.8 cm³/mol. The van der Waals surface area contributed by atoms with Crippen LogP contribution in [0.15, 0.2) is 0 Å². The number of hydrogen-bond acceptors (Lipinski definition) is 5. The number of anilines is 1. The number of aromatic nitrogens is 2. The van der Waals surface area contributed by atoms with E-state index in [1.165, 1.54) is 0 Å². The molecule has 0 spiro atoms. The normalized spacial score (nSPS) is 21.4. The van der Waals surface area contributed by atoms with E-state index in [9.17, 15) is 4.79 Å². The Balaban J connectivity index is 2.19. The Labute approximate surface area is 98.9 Å². The molecular weight excluding hydrogens is 224 g/mol. The third kappa shape index (κ3) is 2.02. The van der Waals surface area contributed by atoms with Crippen LogP contribution in [0.5, 0.6) is 0 Å². The number of amides is 1. The highest BCUT2D eigenvalue weighted by Crippen LogP contribution is 2.27. The first-order valence-electron chi connectivity index (χ1n) is 5.47. The van der Waals surface area contributed by atoms with Gasteiger partial charge in [-0.15, -0.1) is 10.2 Å². The lowest BCUT2D eigenvalue weighted by Crippen LogP contribution is -2.54. The molecule has 0 radical (unpaired) electrons. The van der Waals surface area contributed by atoms with Gasteiger partial charge in [-0.25, -0.2) is 0 Å². The van der Waals surface area contributed by atoms with Crippen molar-refractivity contribution < 1.29 is 4.79 Å². The molecule has 88 valence electrons. The summed E-state index contributed by atoms with van der Waals surface area (Å²) in [5, 5.41) is 13.0. The fourth-order valence-electron chi connectivity index (χ4n) is 1.62. The number of carbonyl (C=O) groups excluding carboxylic acids is 1. The van der Waals surface area contributed by atoms with Crippen LogP contribution in [0, 0.1) is 0 Å². The first-order chi connectivity index (χ1) is 7.59. The molecule has 1 N–H and O–H groups in total. The lowest BCUT2D eigenvalue weighted by Gasteiger charge is -2.31. The van der Waals surface area contributed by atoms with Crippen LogP contribution in [0.4, 0.5) is 5.13 Å². The van der Waals surface area contributed by atoms with Gasteiger partial charge in [0.15, 0.2) is 0 Å². The Bertz CT molecular complexity index is 390. The standard InChI is InChI=1S/C10H16N4OS/c1-6(2)9-12-13-10(16-9)14-5-4-11-8(15)7(14)3/h6-7H,4-5H2,1-3H3,(H,11,15). The molecule has 0 saturated carbocycles. The summed E-state index contributed by atoms with van der Waals surface area (Å²) < 4.78 is 0. The Morgan fingerprint density at radius 2 is 2.25 bits per heavy atom. The van der Waals surface area contributed by atoms with Gasteiger partial charge in [-0.3, -0.25) is 4.79 Å². The predicted octanol–water partition coefficient (Wildman–Crippen LogP) is 0.986. The minimum atomic E-state index is -0.151. The first kappa shape index (κ1) is 11.3. The maximum atomic E-state index is 11.5. The molecule has 1 unspecified atom stereocenters. The third-order valence-electron chi connectivity index (χ3n) is 2.67. The number of hydrogen-bond donors (Lipinski definition) is 1. The Hall–Kier alpha value is -1.17. The van der Waals surface area contributed by atoms with Crippen LogP contribution in [0.1, 0.15) is 31.7 Å². The van der Waals surface area contributed by atoms with Gasteiger partial charge < -0.3 is 10.2 Å². The topological polar surface area (TPSA) is 58.1 Å². The summed E-state index contributed by atoms with van der Waals surface area (Å²) in [7, 11) is 0. The zero-order valence-corrected chi connectivity index (χ0v) is 10.5. The Morgan fingerprint density at radius 3 is 2.88 bits per heavy atom. The van der Waals surface area contributed by atoms with Crippen molar-refractivity contribution in [1.82, 2.24) is 15.5 Å². The summed E-state index contributed by atoms with van der Waals surface area (Å²) in [6, 6.07) is -0.151. The van der Waals surface area contributed by atoms with Gasteiger partial charge in [0, 0.05) is 19.0 Å². The van der Waals surface area contributed by atoms with Crippen molar-refractivity contribution >= 4 is 22.4 Å². The maximum absolute atomic E-state index is 11.5. The number of piperazine rings is 1. The zero-order valence-electron chi connectivity index (χ0n) is 9.73. The molecule has 2 heterocycles. The molecule has 1 aliphatic rings. The third-order valence-corrected chi connectivity index (χ3v) is 3.93. The second kappa shape index (κ2) is 4.37. The monoisotopic (exact) mass is 240 g/mol. The van der Waals surface area contributed by atoms with Crippen LogP contribution < -0.4 is 10.2 Å². The molecule has 5 nitrogen and oxygen atoms in total. The molecular formula is C10H16N4OS.